The van der Waals surface area contributed by atoms with Crippen molar-refractivity contribution >= 4 is 70.5 Å². The van der Waals surface area contributed by atoms with Crippen molar-refractivity contribution in [3.63, 3.8) is 0 Å². The Morgan fingerprint density at radius 3 is 1.56 bits per heavy atom. The molecule has 2 aromatic heterocycles. The van der Waals surface area contributed by atoms with Crippen molar-refractivity contribution < 1.29 is 52.4 Å². The van der Waals surface area contributed by atoms with Crippen LogP contribution in [0.3, 0.4) is 0 Å². The zero-order valence-corrected chi connectivity index (χ0v) is 29.1. The van der Waals surface area contributed by atoms with Gasteiger partial charge in [0.15, 0.2) is 0 Å². The van der Waals surface area contributed by atoms with Crippen molar-refractivity contribution in [3.8, 4) is 44.5 Å². The SMILES string of the molecule is [2H]c1c([2H])c([2H])c(-c2c([2H])c([2H])c(N(c3c([2H])c([2H])c(-c4c([2H])c([2H])c([2H])c([2H])c4[2H])c([2H])c3[2H])c3c([2H])c([2H])c(-c4c([2H])c([2H])c([2H])c([2H])c4-c4c([2H])c([2H])c([2H])c5c4sc4c([2H])c([2H])c([2H])c([2H])c45)c4oc5c([2H])c([2H])c([2H])c([2H])c5c34)c([2H])c2[2H])c([2H])c1[2H]. The summed E-state index contributed by atoms with van der Waals surface area (Å²) in [6.45, 7) is 0. The van der Waals surface area contributed by atoms with Crippen LogP contribution in [0.15, 0.2) is 216 Å². The number of fused-ring (bicyclic) bond motifs is 6. The van der Waals surface area contributed by atoms with E-state index in [0.29, 0.717) is 16.2 Å². The van der Waals surface area contributed by atoms with E-state index in [1.165, 1.54) is 0 Å². The Balaban J connectivity index is 1.40. The molecule has 9 aromatic carbocycles. The Labute approximate surface area is 384 Å². The van der Waals surface area contributed by atoms with E-state index in [4.69, 9.17) is 33.2 Å². The highest BCUT2D eigenvalue weighted by atomic mass is 32.1. The van der Waals surface area contributed by atoms with Crippen molar-refractivity contribution in [2.45, 2.75) is 0 Å². The summed E-state index contributed by atoms with van der Waals surface area (Å²) >= 11 is 0.532. The lowest BCUT2D eigenvalue weighted by atomic mass is 9.92. The summed E-state index contributed by atoms with van der Waals surface area (Å²) in [6.07, 6.45) is 0. The van der Waals surface area contributed by atoms with Crippen LogP contribution in [0, 0.1) is 0 Å². The maximum atomic E-state index is 10.2. The molecule has 0 fully saturated rings. The van der Waals surface area contributed by atoms with Crippen molar-refractivity contribution in [2.24, 2.45) is 0 Å². The molecule has 0 aliphatic carbocycles. The molecular weight excluding hydrogens is 711 g/mol. The van der Waals surface area contributed by atoms with Gasteiger partial charge in [0.25, 0.3) is 0 Å². The Bertz CT molecular complexity index is 5050. The zero-order valence-electron chi connectivity index (χ0n) is 63.3. The number of para-hydroxylation sites is 1. The predicted octanol–water partition coefficient (Wildman–Crippen LogP) is 16.1. The molecule has 0 amide bonds. The summed E-state index contributed by atoms with van der Waals surface area (Å²) in [7, 11) is 0. The summed E-state index contributed by atoms with van der Waals surface area (Å²) in [4.78, 5) is 0.322. The molecule has 3 heteroatoms. The van der Waals surface area contributed by atoms with Crippen molar-refractivity contribution in [1.82, 2.24) is 0 Å². The fourth-order valence-electron chi connectivity index (χ4n) is 6.17. The topological polar surface area (TPSA) is 16.4 Å². The smallest absolute Gasteiger partial charge is 0.145 e. The van der Waals surface area contributed by atoms with E-state index < -0.39 is 300 Å². The molecular formula is C54H35NOS. The molecule has 11 aromatic rings. The van der Waals surface area contributed by atoms with E-state index in [2.05, 4.69) is 0 Å². The van der Waals surface area contributed by atoms with Gasteiger partial charge in [-0.15, -0.1) is 11.3 Å². The predicted molar refractivity (Wildman–Crippen MR) is 243 cm³/mol. The zero-order chi connectivity index (χ0) is 68.2. The summed E-state index contributed by atoms with van der Waals surface area (Å²) in [6, 6.07) is -37.1. The van der Waals surface area contributed by atoms with E-state index in [0.717, 1.165) is 0 Å². The minimum Gasteiger partial charge on any atom is -0.455 e. The largest absolute Gasteiger partial charge is 0.455 e. The lowest BCUT2D eigenvalue weighted by molar-refractivity contribution is 0.670. The molecule has 0 spiro atoms. The summed E-state index contributed by atoms with van der Waals surface area (Å²) < 4.78 is 324. The summed E-state index contributed by atoms with van der Waals surface area (Å²) in [5.74, 6) is 0. The molecule has 0 saturated heterocycles. The molecule has 2 heterocycles. The van der Waals surface area contributed by atoms with Crippen LogP contribution in [0.1, 0.15) is 48.0 Å². The molecule has 0 saturated carbocycles. The molecule has 57 heavy (non-hydrogen) atoms. The van der Waals surface area contributed by atoms with Gasteiger partial charge in [-0.3, -0.25) is 0 Å². The third kappa shape index (κ3) is 5.71. The Morgan fingerprint density at radius 2 is 0.895 bits per heavy atom. The first-order valence-electron chi connectivity index (χ1n) is 34.0. The molecule has 0 unspecified atom stereocenters. The van der Waals surface area contributed by atoms with Gasteiger partial charge in [0.1, 0.15) is 11.2 Å². The highest BCUT2D eigenvalue weighted by Gasteiger charge is 2.24. The van der Waals surface area contributed by atoms with Crippen LogP contribution < -0.4 is 4.90 Å². The molecule has 0 radical (unpaired) electrons. The molecule has 268 valence electrons. The molecule has 11 rings (SSSR count). The Kier molecular flexibility index (Phi) is 3.20. The Hall–Kier alpha value is -7.20. The van der Waals surface area contributed by atoms with E-state index in [9.17, 15) is 19.2 Å². The van der Waals surface area contributed by atoms with Gasteiger partial charge in [-0.25, -0.2) is 0 Å². The Morgan fingerprint density at radius 1 is 0.386 bits per heavy atom. The van der Waals surface area contributed by atoms with E-state index in [1.807, 2.05) is 0 Å². The fraction of sp³-hybridized carbons (Fsp3) is 0. The van der Waals surface area contributed by atoms with Crippen LogP contribution >= 0.6 is 11.3 Å². The van der Waals surface area contributed by atoms with Gasteiger partial charge in [-0.05, 0) is 81.7 Å². The van der Waals surface area contributed by atoms with Gasteiger partial charge in [-0.1, -0.05) is 163 Å². The number of rotatable bonds is 7. The van der Waals surface area contributed by atoms with Crippen LogP contribution in [-0.4, -0.2) is 0 Å². The molecule has 0 bridgehead atoms. The van der Waals surface area contributed by atoms with Crippen molar-refractivity contribution in [2.75, 3.05) is 4.90 Å². The van der Waals surface area contributed by atoms with E-state index in [1.54, 1.807) is 0 Å². The normalized spacial score (nSPS) is 20.1. The maximum absolute atomic E-state index is 10.2. The lowest BCUT2D eigenvalue weighted by Crippen LogP contribution is -2.10. The van der Waals surface area contributed by atoms with Gasteiger partial charge in [0, 0.05) is 48.1 Å². The van der Waals surface area contributed by atoms with Crippen LogP contribution in [0.5, 0.6) is 0 Å². The van der Waals surface area contributed by atoms with Gasteiger partial charge in [-0.2, -0.15) is 0 Å². The summed E-state index contributed by atoms with van der Waals surface area (Å²) in [5, 5.41) is -2.48. The number of nitrogens with zero attached hydrogens (tertiary/aromatic N) is 1. The van der Waals surface area contributed by atoms with Gasteiger partial charge in [0.05, 0.1) is 59.1 Å². The first-order valence-corrected chi connectivity index (χ1v) is 17.3. The third-order valence-corrected chi connectivity index (χ3v) is 9.74. The van der Waals surface area contributed by atoms with Crippen LogP contribution in [0.4, 0.5) is 17.1 Å². The van der Waals surface area contributed by atoms with Crippen molar-refractivity contribution in [1.29, 1.82) is 0 Å². The van der Waals surface area contributed by atoms with Crippen LogP contribution in [-0.2, 0) is 0 Å². The second-order valence-corrected chi connectivity index (χ2v) is 12.8. The number of benzene rings is 9. The maximum Gasteiger partial charge on any atom is 0.145 e. The number of anilines is 3. The molecule has 0 atom stereocenters. The van der Waals surface area contributed by atoms with Crippen LogP contribution in [0.2, 0.25) is 0 Å². The monoisotopic (exact) mass is 780 g/mol. The van der Waals surface area contributed by atoms with E-state index >= 15 is 0 Å². The first-order chi connectivity index (χ1) is 42.8. The fourth-order valence-corrected chi connectivity index (χ4v) is 7.24. The van der Waals surface area contributed by atoms with Crippen LogP contribution in [0.25, 0.3) is 86.6 Å². The number of hydrogen-bond acceptors (Lipinski definition) is 3. The minimum atomic E-state index is -1.37. The molecule has 0 aliphatic rings. The highest BCUT2D eigenvalue weighted by molar-refractivity contribution is 7.26. The first kappa shape index (κ1) is 13.2. The van der Waals surface area contributed by atoms with E-state index in [-0.39, 0.29) is 14.8 Å². The molecule has 0 aliphatic heterocycles. The number of thiophene rings is 1. The second kappa shape index (κ2) is 13.8. The quantitative estimate of drug-likeness (QED) is 0.160. The third-order valence-electron chi connectivity index (χ3n) is 8.62. The van der Waals surface area contributed by atoms with Gasteiger partial charge in [0.2, 0.25) is 0 Å². The lowest BCUT2D eigenvalue weighted by Gasteiger charge is -2.27. The highest BCUT2D eigenvalue weighted by Crippen LogP contribution is 2.49. The standard InChI is InChI=1S/C54H35NOS/c1-3-14-36(15-4-1)38-26-30-40(31-27-38)55(41-32-28-39(29-33-41)37-16-5-2-6-17-37)49-35-34-45(53-52(49)48-21-9-11-24-50(48)56-53)42-18-7-8-19-43(42)46-22-13-23-47-44-20-10-12-25-51(44)57-54(46)47/h1-35H/i1D,2D,3D,4D,5D,6D,7D,8D,9D,10D,11D,12D,13D,14D,15D,16D,17D,18D,19D,20D,21D,22D,23D,24D,25D,26D,27D,28D,29D,30D,31D,32D,33D,34D,35D. The van der Waals surface area contributed by atoms with Crippen molar-refractivity contribution in [3.05, 3.63) is 211 Å². The summed E-state index contributed by atoms with van der Waals surface area (Å²) in [5.41, 5.74) is -12.6. The average Bonchev–Trinajstić information content (AvgIpc) is 1.35. The number of furan rings is 1. The molecule has 2 nitrogen and oxygen atoms in total. The average molecular weight is 781 g/mol. The number of hydrogen-bond donors (Lipinski definition) is 0. The minimum absolute atomic E-state index is 0.235. The second-order valence-electron chi connectivity index (χ2n) is 11.8. The van der Waals surface area contributed by atoms with Gasteiger partial charge < -0.3 is 9.32 Å². The van der Waals surface area contributed by atoms with Gasteiger partial charge >= 0.3 is 0 Å². The molecule has 0 N–H and O–H groups in total.